The zero-order chi connectivity index (χ0) is 9.78. The van der Waals surface area contributed by atoms with Crippen LogP contribution in [0.3, 0.4) is 0 Å². The van der Waals surface area contributed by atoms with Crippen LogP contribution in [0.4, 0.5) is 0 Å². The zero-order valence-corrected chi connectivity index (χ0v) is 8.94. The largest absolute Gasteiger partial charge is 0.301 e. The van der Waals surface area contributed by atoms with Gasteiger partial charge < -0.3 is 5.32 Å². The van der Waals surface area contributed by atoms with Crippen LogP contribution in [0.1, 0.15) is 34.6 Å². The summed E-state index contributed by atoms with van der Waals surface area (Å²) in [6, 6.07) is 0. The first kappa shape index (κ1) is 11.5. The molecule has 0 aromatic carbocycles. The monoisotopic (exact) mass is 167 g/mol. The predicted octanol–water partition coefficient (Wildman–Crippen LogP) is 2.28. The average Bonchev–Trinajstić information content (AvgIpc) is 1.98. The molecule has 1 N–H and O–H groups in total. The Morgan fingerprint density at radius 1 is 1.25 bits per heavy atom. The van der Waals surface area contributed by atoms with Crippen LogP contribution in [0.2, 0.25) is 0 Å². The molecule has 0 rings (SSSR count). The van der Waals surface area contributed by atoms with Crippen molar-refractivity contribution < 1.29 is 0 Å². The van der Waals surface area contributed by atoms with Crippen molar-refractivity contribution in [1.29, 1.82) is 0 Å². The van der Waals surface area contributed by atoms with Crippen molar-refractivity contribution in [3.63, 3.8) is 0 Å². The van der Waals surface area contributed by atoms with Crippen molar-refractivity contribution in [2.75, 3.05) is 6.54 Å². The van der Waals surface area contributed by atoms with E-state index in [2.05, 4.69) is 45.9 Å². The molecular formula is C11H21N. The van der Waals surface area contributed by atoms with Crippen LogP contribution in [0, 0.1) is 24.2 Å². The minimum absolute atomic E-state index is 0.130. The highest BCUT2D eigenvalue weighted by Gasteiger charge is 2.33. The highest BCUT2D eigenvalue weighted by atomic mass is 15.0. The summed E-state index contributed by atoms with van der Waals surface area (Å²) < 4.78 is 0. The Morgan fingerprint density at radius 2 is 1.67 bits per heavy atom. The molecule has 0 aliphatic carbocycles. The number of terminal acetylenes is 1. The molecule has 0 atom stereocenters. The van der Waals surface area contributed by atoms with Gasteiger partial charge in [0.05, 0.1) is 5.54 Å². The Hall–Kier alpha value is -0.480. The maximum atomic E-state index is 5.58. The van der Waals surface area contributed by atoms with Gasteiger partial charge in [0.2, 0.25) is 0 Å². The van der Waals surface area contributed by atoms with Crippen LogP contribution in [0.25, 0.3) is 0 Å². The van der Waals surface area contributed by atoms with E-state index in [9.17, 15) is 0 Å². The molecule has 0 amide bonds. The summed E-state index contributed by atoms with van der Waals surface area (Å²) in [5, 5.41) is 3.41. The molecule has 0 saturated carbocycles. The van der Waals surface area contributed by atoms with E-state index >= 15 is 0 Å². The second-order valence-corrected chi connectivity index (χ2v) is 3.85. The van der Waals surface area contributed by atoms with E-state index < -0.39 is 0 Å². The second-order valence-electron chi connectivity index (χ2n) is 3.85. The molecule has 0 radical (unpaired) electrons. The van der Waals surface area contributed by atoms with Gasteiger partial charge in [0, 0.05) is 0 Å². The first-order valence-corrected chi connectivity index (χ1v) is 4.74. The van der Waals surface area contributed by atoms with Gasteiger partial charge in [0.15, 0.2) is 0 Å². The van der Waals surface area contributed by atoms with E-state index in [4.69, 9.17) is 6.42 Å². The van der Waals surface area contributed by atoms with Crippen molar-refractivity contribution >= 4 is 0 Å². The van der Waals surface area contributed by atoms with E-state index in [1.54, 1.807) is 0 Å². The Balaban J connectivity index is 4.67. The number of hydrogen-bond acceptors (Lipinski definition) is 1. The Labute approximate surface area is 76.9 Å². The Bertz CT molecular complexity index is 154. The molecule has 0 aromatic rings. The lowest BCUT2D eigenvalue weighted by Crippen LogP contribution is -2.52. The summed E-state index contributed by atoms with van der Waals surface area (Å²) in [6.45, 7) is 11.7. The van der Waals surface area contributed by atoms with Gasteiger partial charge in [-0.1, -0.05) is 40.5 Å². The molecule has 0 bridgehead atoms. The van der Waals surface area contributed by atoms with E-state index in [-0.39, 0.29) is 5.54 Å². The lowest BCUT2D eigenvalue weighted by molar-refractivity contribution is 0.239. The summed E-state index contributed by atoms with van der Waals surface area (Å²) in [5.41, 5.74) is -0.130. The molecule has 1 nitrogen and oxygen atoms in total. The standard InChI is InChI=1S/C11H21N/c1-7-11(9(3)4,10(5)6)12-8-2/h1,9-10,12H,8H2,2-6H3. The molecule has 0 fully saturated rings. The Kier molecular flexibility index (Phi) is 4.34. The van der Waals surface area contributed by atoms with Crippen molar-refractivity contribution in [3.05, 3.63) is 0 Å². The van der Waals surface area contributed by atoms with Gasteiger partial charge >= 0.3 is 0 Å². The number of nitrogens with one attached hydrogen (secondary N) is 1. The minimum atomic E-state index is -0.130. The van der Waals surface area contributed by atoms with Gasteiger partial charge in [-0.05, 0) is 18.4 Å². The van der Waals surface area contributed by atoms with Crippen molar-refractivity contribution in [2.24, 2.45) is 11.8 Å². The number of rotatable bonds is 4. The summed E-state index contributed by atoms with van der Waals surface area (Å²) in [5.74, 6) is 3.85. The molecule has 1 heteroatoms. The SMILES string of the molecule is C#CC(NCC)(C(C)C)C(C)C. The third-order valence-corrected chi connectivity index (χ3v) is 2.53. The van der Waals surface area contributed by atoms with E-state index in [1.807, 2.05) is 0 Å². The normalized spacial score (nSPS) is 12.2. The second kappa shape index (κ2) is 4.52. The van der Waals surface area contributed by atoms with E-state index in [0.29, 0.717) is 11.8 Å². The van der Waals surface area contributed by atoms with Crippen molar-refractivity contribution in [2.45, 2.75) is 40.2 Å². The summed E-state index contributed by atoms with van der Waals surface area (Å²) >= 11 is 0. The fraction of sp³-hybridized carbons (Fsp3) is 0.818. The van der Waals surface area contributed by atoms with Crippen LogP contribution in [-0.2, 0) is 0 Å². The summed E-state index contributed by atoms with van der Waals surface area (Å²) in [4.78, 5) is 0. The average molecular weight is 167 g/mol. The highest BCUT2D eigenvalue weighted by Crippen LogP contribution is 2.25. The Morgan fingerprint density at radius 3 is 1.75 bits per heavy atom. The zero-order valence-electron chi connectivity index (χ0n) is 8.94. The first-order valence-electron chi connectivity index (χ1n) is 4.74. The highest BCUT2D eigenvalue weighted by molar-refractivity contribution is 5.16. The molecule has 0 unspecified atom stereocenters. The van der Waals surface area contributed by atoms with Crippen molar-refractivity contribution in [3.8, 4) is 12.3 Å². The van der Waals surface area contributed by atoms with Gasteiger partial charge in [-0.3, -0.25) is 0 Å². The fourth-order valence-corrected chi connectivity index (χ4v) is 1.75. The molecule has 0 aromatic heterocycles. The van der Waals surface area contributed by atoms with E-state index in [1.165, 1.54) is 0 Å². The molecule has 0 aliphatic heterocycles. The third-order valence-electron chi connectivity index (χ3n) is 2.53. The maximum Gasteiger partial charge on any atom is 0.0844 e. The molecule has 0 aliphatic rings. The summed E-state index contributed by atoms with van der Waals surface area (Å²) in [7, 11) is 0. The topological polar surface area (TPSA) is 12.0 Å². The fourth-order valence-electron chi connectivity index (χ4n) is 1.75. The van der Waals surface area contributed by atoms with Crippen LogP contribution in [0.5, 0.6) is 0 Å². The van der Waals surface area contributed by atoms with Gasteiger partial charge in [0.25, 0.3) is 0 Å². The van der Waals surface area contributed by atoms with Crippen LogP contribution < -0.4 is 5.32 Å². The molecule has 12 heavy (non-hydrogen) atoms. The van der Waals surface area contributed by atoms with Crippen LogP contribution in [-0.4, -0.2) is 12.1 Å². The molecule has 0 spiro atoms. The molecule has 0 heterocycles. The number of hydrogen-bond donors (Lipinski definition) is 1. The lowest BCUT2D eigenvalue weighted by atomic mass is 9.77. The summed E-state index contributed by atoms with van der Waals surface area (Å²) in [6.07, 6.45) is 5.58. The van der Waals surface area contributed by atoms with Gasteiger partial charge in [-0.2, -0.15) is 0 Å². The van der Waals surface area contributed by atoms with E-state index in [0.717, 1.165) is 6.54 Å². The third kappa shape index (κ3) is 2.01. The van der Waals surface area contributed by atoms with Crippen LogP contribution >= 0.6 is 0 Å². The predicted molar refractivity (Wildman–Crippen MR) is 54.9 cm³/mol. The van der Waals surface area contributed by atoms with Crippen molar-refractivity contribution in [1.82, 2.24) is 5.32 Å². The van der Waals surface area contributed by atoms with Crippen LogP contribution in [0.15, 0.2) is 0 Å². The molecular weight excluding hydrogens is 146 g/mol. The molecule has 0 saturated heterocycles. The lowest BCUT2D eigenvalue weighted by Gasteiger charge is -2.37. The van der Waals surface area contributed by atoms with Gasteiger partial charge in [-0.15, -0.1) is 6.42 Å². The van der Waals surface area contributed by atoms with Gasteiger partial charge in [0.1, 0.15) is 0 Å². The quantitative estimate of drug-likeness (QED) is 0.633. The van der Waals surface area contributed by atoms with Gasteiger partial charge in [-0.25, -0.2) is 0 Å². The minimum Gasteiger partial charge on any atom is -0.301 e. The first-order chi connectivity index (χ1) is 5.51. The maximum absolute atomic E-state index is 5.58. The molecule has 70 valence electrons. The smallest absolute Gasteiger partial charge is 0.0844 e.